The Morgan fingerprint density at radius 2 is 1.70 bits per heavy atom. The lowest BCUT2D eigenvalue weighted by Crippen LogP contribution is -2.42. The van der Waals surface area contributed by atoms with Gasteiger partial charge in [0.15, 0.2) is 0 Å². The lowest BCUT2D eigenvalue weighted by molar-refractivity contribution is -0.146. The fraction of sp³-hybridized carbons (Fsp3) is 0.222. The van der Waals surface area contributed by atoms with Crippen molar-refractivity contribution in [2.45, 2.75) is 20.0 Å². The predicted molar refractivity (Wildman–Crippen MR) is 90.8 cm³/mol. The first-order chi connectivity index (χ1) is 11.1. The monoisotopic (exact) mass is 330 g/mol. The van der Waals surface area contributed by atoms with E-state index in [1.165, 1.54) is 4.90 Å². The van der Waals surface area contributed by atoms with Crippen molar-refractivity contribution in [3.63, 3.8) is 0 Å². The Kier molecular flexibility index (Phi) is 6.18. The number of carbonyl (C=O) groups is 2. The smallest absolute Gasteiger partial charge is 0.312 e. The third kappa shape index (κ3) is 4.83. The molecule has 0 spiro atoms. The fourth-order valence-electron chi connectivity index (χ4n) is 2.17. The van der Waals surface area contributed by atoms with Gasteiger partial charge in [0, 0.05) is 24.7 Å². The van der Waals surface area contributed by atoms with E-state index in [0.717, 1.165) is 11.1 Å². The molecule has 0 aromatic heterocycles. The number of benzene rings is 2. The van der Waals surface area contributed by atoms with Gasteiger partial charge in [-0.2, -0.15) is 0 Å². The highest BCUT2D eigenvalue weighted by atomic mass is 35.5. The van der Waals surface area contributed by atoms with Gasteiger partial charge in [-0.05, 0) is 24.1 Å². The van der Waals surface area contributed by atoms with Gasteiger partial charge in [-0.3, -0.25) is 9.59 Å². The summed E-state index contributed by atoms with van der Waals surface area (Å²) in [7, 11) is 0. The van der Waals surface area contributed by atoms with E-state index in [-0.39, 0.29) is 6.54 Å². The molecule has 2 aromatic carbocycles. The average Bonchev–Trinajstić information content (AvgIpc) is 2.59. The molecule has 0 atom stereocenters. The van der Waals surface area contributed by atoms with Crippen LogP contribution in [0.5, 0.6) is 0 Å². The number of nitrogens with zero attached hydrogens (tertiary/aromatic N) is 1. The summed E-state index contributed by atoms with van der Waals surface area (Å²) in [6, 6.07) is 16.8. The molecule has 0 aliphatic rings. The molecule has 5 heteroatoms. The molecule has 4 nitrogen and oxygen atoms in total. The maximum absolute atomic E-state index is 12.3. The second-order valence-corrected chi connectivity index (χ2v) is 5.49. The summed E-state index contributed by atoms with van der Waals surface area (Å²) in [6.07, 6.45) is 0. The third-order valence-electron chi connectivity index (χ3n) is 3.48. The fourth-order valence-corrected chi connectivity index (χ4v) is 2.37. The molecule has 0 unspecified atom stereocenters. The van der Waals surface area contributed by atoms with Crippen LogP contribution in [0.1, 0.15) is 18.1 Å². The van der Waals surface area contributed by atoms with Crippen molar-refractivity contribution in [1.29, 1.82) is 0 Å². The van der Waals surface area contributed by atoms with Crippen molar-refractivity contribution >= 4 is 23.4 Å². The third-order valence-corrected chi connectivity index (χ3v) is 3.85. The van der Waals surface area contributed by atoms with Gasteiger partial charge in [0.25, 0.3) is 0 Å². The summed E-state index contributed by atoms with van der Waals surface area (Å²) in [6.45, 7) is 2.96. The quantitative estimate of drug-likeness (QED) is 0.857. The van der Waals surface area contributed by atoms with Gasteiger partial charge in [-0.1, -0.05) is 60.1 Å². The molecule has 23 heavy (non-hydrogen) atoms. The Balaban J connectivity index is 1.95. The van der Waals surface area contributed by atoms with Crippen molar-refractivity contribution in [3.05, 3.63) is 70.7 Å². The van der Waals surface area contributed by atoms with Gasteiger partial charge in [0.1, 0.15) is 0 Å². The van der Waals surface area contributed by atoms with Crippen LogP contribution in [-0.4, -0.2) is 23.3 Å². The van der Waals surface area contributed by atoms with Crippen LogP contribution in [0.2, 0.25) is 5.02 Å². The summed E-state index contributed by atoms with van der Waals surface area (Å²) >= 11 is 6.04. The summed E-state index contributed by atoms with van der Waals surface area (Å²) in [5.74, 6) is -1.16. The number of hydrogen-bond acceptors (Lipinski definition) is 2. The standard InChI is InChI=1S/C18H19ClN2O2/c1-2-21(13-14-8-4-3-5-9-14)18(23)17(22)20-12-15-10-6-7-11-16(15)19/h3-11H,2,12-13H2,1H3,(H,20,22). The maximum Gasteiger partial charge on any atom is 0.312 e. The zero-order valence-electron chi connectivity index (χ0n) is 13.0. The van der Waals surface area contributed by atoms with Crippen molar-refractivity contribution in [2.75, 3.05) is 6.54 Å². The highest BCUT2D eigenvalue weighted by Gasteiger charge is 2.20. The molecule has 0 saturated heterocycles. The number of carbonyl (C=O) groups excluding carboxylic acids is 2. The minimum Gasteiger partial charge on any atom is -0.344 e. The lowest BCUT2D eigenvalue weighted by atomic mass is 10.2. The molecule has 0 aliphatic heterocycles. The highest BCUT2D eigenvalue weighted by molar-refractivity contribution is 6.35. The Bertz CT molecular complexity index is 674. The van der Waals surface area contributed by atoms with E-state index >= 15 is 0 Å². The molecular formula is C18H19ClN2O2. The van der Waals surface area contributed by atoms with Crippen molar-refractivity contribution in [1.82, 2.24) is 10.2 Å². The average molecular weight is 331 g/mol. The Morgan fingerprint density at radius 1 is 1.04 bits per heavy atom. The number of rotatable bonds is 5. The van der Waals surface area contributed by atoms with E-state index in [4.69, 9.17) is 11.6 Å². The molecule has 0 radical (unpaired) electrons. The highest BCUT2D eigenvalue weighted by Crippen LogP contribution is 2.14. The minimum atomic E-state index is -0.622. The molecule has 0 heterocycles. The number of hydrogen-bond donors (Lipinski definition) is 1. The van der Waals surface area contributed by atoms with E-state index in [1.54, 1.807) is 6.07 Å². The Labute approximate surface area is 141 Å². The van der Waals surface area contributed by atoms with Gasteiger partial charge in [0.2, 0.25) is 0 Å². The van der Waals surface area contributed by atoms with Crippen molar-refractivity contribution in [3.8, 4) is 0 Å². The van der Waals surface area contributed by atoms with E-state index in [1.807, 2.05) is 55.5 Å². The maximum atomic E-state index is 12.3. The summed E-state index contributed by atoms with van der Waals surface area (Å²) in [5, 5.41) is 3.19. The number of likely N-dealkylation sites (N-methyl/N-ethyl adjacent to an activating group) is 1. The topological polar surface area (TPSA) is 49.4 Å². The van der Waals surface area contributed by atoms with E-state index in [2.05, 4.69) is 5.32 Å². The van der Waals surface area contributed by atoms with E-state index in [0.29, 0.717) is 18.1 Å². The number of nitrogens with one attached hydrogen (secondary N) is 1. The molecular weight excluding hydrogens is 312 g/mol. The number of halogens is 1. The molecule has 0 aliphatic carbocycles. The van der Waals surface area contributed by atoms with Crippen LogP contribution in [0.4, 0.5) is 0 Å². The van der Waals surface area contributed by atoms with Crippen LogP contribution >= 0.6 is 11.6 Å². The summed E-state index contributed by atoms with van der Waals surface area (Å²) < 4.78 is 0. The van der Waals surface area contributed by atoms with Crippen molar-refractivity contribution in [2.24, 2.45) is 0 Å². The van der Waals surface area contributed by atoms with Gasteiger partial charge >= 0.3 is 11.8 Å². The minimum absolute atomic E-state index is 0.229. The molecule has 2 rings (SSSR count). The Hall–Kier alpha value is -2.33. The summed E-state index contributed by atoms with van der Waals surface area (Å²) in [4.78, 5) is 25.8. The van der Waals surface area contributed by atoms with Gasteiger partial charge in [-0.25, -0.2) is 0 Å². The zero-order valence-corrected chi connectivity index (χ0v) is 13.7. The van der Waals surface area contributed by atoms with Crippen molar-refractivity contribution < 1.29 is 9.59 Å². The number of amides is 2. The molecule has 0 saturated carbocycles. The zero-order chi connectivity index (χ0) is 16.7. The molecule has 1 N–H and O–H groups in total. The normalized spacial score (nSPS) is 10.2. The lowest BCUT2D eigenvalue weighted by Gasteiger charge is -2.20. The van der Waals surface area contributed by atoms with Crippen LogP contribution < -0.4 is 5.32 Å². The first kappa shape index (κ1) is 17.0. The van der Waals surface area contributed by atoms with Crippen LogP contribution in [0.15, 0.2) is 54.6 Å². The second kappa shape index (κ2) is 8.34. The Morgan fingerprint density at radius 3 is 2.35 bits per heavy atom. The molecule has 0 bridgehead atoms. The van der Waals surface area contributed by atoms with Crippen LogP contribution in [0.3, 0.4) is 0 Å². The SMILES string of the molecule is CCN(Cc1ccccc1)C(=O)C(=O)NCc1ccccc1Cl. The predicted octanol–water partition coefficient (Wildman–Crippen LogP) is 3.00. The van der Waals surface area contributed by atoms with Crippen LogP contribution in [-0.2, 0) is 22.7 Å². The van der Waals surface area contributed by atoms with Crippen LogP contribution in [0.25, 0.3) is 0 Å². The van der Waals surface area contributed by atoms with E-state index < -0.39 is 11.8 Å². The molecule has 2 aromatic rings. The van der Waals surface area contributed by atoms with E-state index in [9.17, 15) is 9.59 Å². The molecule has 2 amide bonds. The summed E-state index contributed by atoms with van der Waals surface area (Å²) in [5.41, 5.74) is 1.77. The first-order valence-corrected chi connectivity index (χ1v) is 7.84. The van der Waals surface area contributed by atoms with Gasteiger partial charge in [-0.15, -0.1) is 0 Å². The first-order valence-electron chi connectivity index (χ1n) is 7.46. The largest absolute Gasteiger partial charge is 0.344 e. The molecule has 0 fully saturated rings. The van der Waals surface area contributed by atoms with Crippen LogP contribution in [0, 0.1) is 0 Å². The molecule has 120 valence electrons. The van der Waals surface area contributed by atoms with Gasteiger partial charge in [0.05, 0.1) is 0 Å². The van der Waals surface area contributed by atoms with Gasteiger partial charge < -0.3 is 10.2 Å². The second-order valence-electron chi connectivity index (χ2n) is 5.08.